The van der Waals surface area contributed by atoms with Crippen molar-refractivity contribution in [3.63, 3.8) is 0 Å². The van der Waals surface area contributed by atoms with Gasteiger partial charge in [-0.2, -0.15) is 0 Å². The average Bonchev–Trinajstić information content (AvgIpc) is 2.17. The van der Waals surface area contributed by atoms with Crippen molar-refractivity contribution in [2.24, 2.45) is 11.1 Å². The smallest absolute Gasteiger partial charge is 0.223 e. The summed E-state index contributed by atoms with van der Waals surface area (Å²) in [7, 11) is -3.49. The Labute approximate surface area is 89.2 Å². The maximum absolute atomic E-state index is 11.5. The number of primary sulfonamides is 1. The van der Waals surface area contributed by atoms with Gasteiger partial charge in [-0.3, -0.25) is 4.79 Å². The number of hydrogen-bond donors (Lipinski definition) is 2. The van der Waals surface area contributed by atoms with Gasteiger partial charge in [-0.1, -0.05) is 0 Å². The van der Waals surface area contributed by atoms with Crippen LogP contribution in [0.1, 0.15) is 12.8 Å². The van der Waals surface area contributed by atoms with Gasteiger partial charge < -0.3 is 10.1 Å². The van der Waals surface area contributed by atoms with Crippen LogP contribution in [0.15, 0.2) is 0 Å². The van der Waals surface area contributed by atoms with Crippen LogP contribution in [-0.4, -0.2) is 39.8 Å². The van der Waals surface area contributed by atoms with Crippen LogP contribution in [-0.2, 0) is 19.6 Å². The van der Waals surface area contributed by atoms with Gasteiger partial charge in [0.15, 0.2) is 0 Å². The number of nitrogens with one attached hydrogen (secondary N) is 1. The van der Waals surface area contributed by atoms with Crippen LogP contribution < -0.4 is 10.5 Å². The first-order chi connectivity index (χ1) is 6.99. The Morgan fingerprint density at radius 1 is 1.40 bits per heavy atom. The number of carbonyl (C=O) groups excluding carboxylic acids is 1. The van der Waals surface area contributed by atoms with E-state index in [4.69, 9.17) is 9.88 Å². The third-order valence-corrected chi connectivity index (χ3v) is 3.05. The Bertz CT molecular complexity index is 309. The molecule has 0 atom stereocenters. The van der Waals surface area contributed by atoms with Crippen molar-refractivity contribution in [2.45, 2.75) is 12.8 Å². The molecule has 0 unspecified atom stereocenters. The second-order valence-corrected chi connectivity index (χ2v) is 5.28. The predicted octanol–water partition coefficient (Wildman–Crippen LogP) is -1.18. The number of amides is 1. The third kappa shape index (κ3) is 5.10. The summed E-state index contributed by atoms with van der Waals surface area (Å²) in [6.07, 6.45) is 1.39. The second kappa shape index (κ2) is 5.43. The average molecular weight is 236 g/mol. The molecule has 0 aromatic rings. The van der Waals surface area contributed by atoms with Crippen LogP contribution >= 0.6 is 0 Å². The van der Waals surface area contributed by atoms with E-state index in [0.717, 1.165) is 0 Å². The normalized spacial score (nSPS) is 18.7. The molecule has 7 heteroatoms. The molecule has 0 saturated carbocycles. The Kier molecular flexibility index (Phi) is 4.49. The molecule has 0 bridgehead atoms. The van der Waals surface area contributed by atoms with E-state index in [2.05, 4.69) is 5.32 Å². The van der Waals surface area contributed by atoms with E-state index < -0.39 is 10.0 Å². The summed E-state index contributed by atoms with van der Waals surface area (Å²) in [5, 5.41) is 7.36. The summed E-state index contributed by atoms with van der Waals surface area (Å²) >= 11 is 0. The van der Waals surface area contributed by atoms with E-state index in [1.807, 2.05) is 0 Å². The van der Waals surface area contributed by atoms with E-state index >= 15 is 0 Å². The van der Waals surface area contributed by atoms with Crippen LogP contribution in [0.2, 0.25) is 0 Å². The number of sulfonamides is 1. The molecular weight excluding hydrogens is 220 g/mol. The van der Waals surface area contributed by atoms with Crippen molar-refractivity contribution in [3.8, 4) is 0 Å². The zero-order chi connectivity index (χ0) is 11.3. The highest BCUT2D eigenvalue weighted by molar-refractivity contribution is 7.89. The summed E-state index contributed by atoms with van der Waals surface area (Å²) in [4.78, 5) is 11.5. The molecule has 0 aromatic heterocycles. The molecule has 0 aliphatic carbocycles. The van der Waals surface area contributed by atoms with Crippen molar-refractivity contribution in [1.29, 1.82) is 0 Å². The fourth-order valence-electron chi connectivity index (χ4n) is 1.42. The summed E-state index contributed by atoms with van der Waals surface area (Å²) < 4.78 is 26.3. The second-order valence-electron chi connectivity index (χ2n) is 3.54. The molecule has 88 valence electrons. The number of carbonyl (C=O) groups is 1. The largest absolute Gasteiger partial charge is 0.381 e. The highest BCUT2D eigenvalue weighted by atomic mass is 32.2. The molecule has 1 fully saturated rings. The molecule has 1 amide bonds. The minimum atomic E-state index is -3.49. The standard InChI is InChI=1S/C8H16N2O4S/c9-15(12,13)6-3-10-8(11)7-1-4-14-5-2-7/h7H,1-6H2,(H,10,11)(H2,9,12,13). The summed E-state index contributed by atoms with van der Waals surface area (Å²) in [5.74, 6) is -0.386. The van der Waals surface area contributed by atoms with E-state index in [1.165, 1.54) is 0 Å². The molecule has 15 heavy (non-hydrogen) atoms. The fourth-order valence-corrected chi connectivity index (χ4v) is 1.81. The van der Waals surface area contributed by atoms with Crippen LogP contribution in [0.25, 0.3) is 0 Å². The minimum absolute atomic E-state index is 0.0563. The van der Waals surface area contributed by atoms with E-state index in [9.17, 15) is 13.2 Å². The maximum atomic E-state index is 11.5. The topological polar surface area (TPSA) is 98.5 Å². The van der Waals surface area contributed by atoms with Crippen LogP contribution in [0.3, 0.4) is 0 Å². The molecule has 3 N–H and O–H groups in total. The van der Waals surface area contributed by atoms with Crippen molar-refractivity contribution in [3.05, 3.63) is 0 Å². The Morgan fingerprint density at radius 2 is 2.00 bits per heavy atom. The zero-order valence-electron chi connectivity index (χ0n) is 8.44. The first-order valence-corrected chi connectivity index (χ1v) is 6.56. The van der Waals surface area contributed by atoms with Gasteiger partial charge in [0, 0.05) is 25.7 Å². The molecule has 0 radical (unpaired) electrons. The molecule has 1 heterocycles. The van der Waals surface area contributed by atoms with E-state index in [1.54, 1.807) is 0 Å². The van der Waals surface area contributed by atoms with Gasteiger partial charge in [0.1, 0.15) is 0 Å². The van der Waals surface area contributed by atoms with Gasteiger partial charge in [0.05, 0.1) is 5.75 Å². The molecule has 1 saturated heterocycles. The van der Waals surface area contributed by atoms with Crippen LogP contribution in [0.5, 0.6) is 0 Å². The van der Waals surface area contributed by atoms with Gasteiger partial charge in [0.2, 0.25) is 15.9 Å². The predicted molar refractivity (Wildman–Crippen MR) is 54.5 cm³/mol. The summed E-state index contributed by atoms with van der Waals surface area (Å²) in [5.41, 5.74) is 0. The molecule has 1 aliphatic heterocycles. The zero-order valence-corrected chi connectivity index (χ0v) is 9.26. The lowest BCUT2D eigenvalue weighted by atomic mass is 10.00. The van der Waals surface area contributed by atoms with Gasteiger partial charge in [-0.15, -0.1) is 0 Å². The van der Waals surface area contributed by atoms with Crippen molar-refractivity contribution < 1.29 is 17.9 Å². The lowest BCUT2D eigenvalue weighted by Crippen LogP contribution is -2.37. The molecule has 0 spiro atoms. The summed E-state index contributed by atoms with van der Waals surface area (Å²) in [6, 6.07) is 0. The number of hydrogen-bond acceptors (Lipinski definition) is 4. The summed E-state index contributed by atoms with van der Waals surface area (Å²) in [6.45, 7) is 1.26. The number of nitrogens with two attached hydrogens (primary N) is 1. The van der Waals surface area contributed by atoms with Crippen molar-refractivity contribution >= 4 is 15.9 Å². The Morgan fingerprint density at radius 3 is 2.53 bits per heavy atom. The molecule has 0 aromatic carbocycles. The van der Waals surface area contributed by atoms with Gasteiger partial charge in [-0.25, -0.2) is 13.6 Å². The Balaban J connectivity index is 2.23. The molecular formula is C8H16N2O4S. The van der Waals surface area contributed by atoms with Crippen LogP contribution in [0, 0.1) is 5.92 Å². The molecule has 6 nitrogen and oxygen atoms in total. The third-order valence-electron chi connectivity index (χ3n) is 2.28. The number of rotatable bonds is 4. The van der Waals surface area contributed by atoms with E-state index in [-0.39, 0.29) is 24.1 Å². The van der Waals surface area contributed by atoms with Gasteiger partial charge in [-0.05, 0) is 12.8 Å². The molecule has 1 rings (SSSR count). The highest BCUT2D eigenvalue weighted by Gasteiger charge is 2.21. The first-order valence-electron chi connectivity index (χ1n) is 4.85. The Hall–Kier alpha value is -0.660. The minimum Gasteiger partial charge on any atom is -0.381 e. The van der Waals surface area contributed by atoms with Crippen molar-refractivity contribution in [1.82, 2.24) is 5.32 Å². The quantitative estimate of drug-likeness (QED) is 0.641. The van der Waals surface area contributed by atoms with Gasteiger partial charge in [0.25, 0.3) is 0 Å². The first kappa shape index (κ1) is 12.4. The highest BCUT2D eigenvalue weighted by Crippen LogP contribution is 2.14. The number of ether oxygens (including phenoxy) is 1. The monoisotopic (exact) mass is 236 g/mol. The molecule has 1 aliphatic rings. The maximum Gasteiger partial charge on any atom is 0.223 e. The fraction of sp³-hybridized carbons (Fsp3) is 0.875. The lowest BCUT2D eigenvalue weighted by Gasteiger charge is -2.20. The van der Waals surface area contributed by atoms with E-state index in [0.29, 0.717) is 26.1 Å². The SMILES string of the molecule is NS(=O)(=O)CCNC(=O)C1CCOCC1. The van der Waals surface area contributed by atoms with Gasteiger partial charge >= 0.3 is 0 Å². The lowest BCUT2D eigenvalue weighted by molar-refractivity contribution is -0.127. The van der Waals surface area contributed by atoms with Crippen LogP contribution in [0.4, 0.5) is 0 Å². The van der Waals surface area contributed by atoms with Crippen molar-refractivity contribution in [2.75, 3.05) is 25.5 Å².